The average Bonchev–Trinajstić information content (AvgIpc) is 2.37. The van der Waals surface area contributed by atoms with Gasteiger partial charge in [0, 0.05) is 17.8 Å². The van der Waals surface area contributed by atoms with Crippen molar-refractivity contribution in [1.29, 1.82) is 0 Å². The van der Waals surface area contributed by atoms with E-state index in [-0.39, 0.29) is 24.4 Å². The number of carboxylic acids is 1. The van der Waals surface area contributed by atoms with E-state index in [1.165, 1.54) is 0 Å². The predicted octanol–water partition coefficient (Wildman–Crippen LogP) is 2.27. The summed E-state index contributed by atoms with van der Waals surface area (Å²) in [5, 5.41) is 11.8. The largest absolute Gasteiger partial charge is 0.481 e. The minimum atomic E-state index is -0.876. The highest BCUT2D eigenvalue weighted by atomic mass is 16.4. The van der Waals surface area contributed by atoms with Crippen LogP contribution < -0.4 is 10.2 Å². The van der Waals surface area contributed by atoms with Gasteiger partial charge in [0.15, 0.2) is 0 Å². The van der Waals surface area contributed by atoms with Gasteiger partial charge >= 0.3 is 5.97 Å². The Morgan fingerprint density at radius 3 is 2.29 bits per heavy atom. The minimum Gasteiger partial charge on any atom is -0.481 e. The number of carbonyl (C=O) groups is 2. The maximum Gasteiger partial charge on any atom is 0.305 e. The number of amides is 1. The zero-order valence-corrected chi connectivity index (χ0v) is 13.1. The Labute approximate surface area is 126 Å². The summed E-state index contributed by atoms with van der Waals surface area (Å²) in [5.74, 6) is -0.990. The fraction of sp³-hybridized carbons (Fsp3) is 0.500. The van der Waals surface area contributed by atoms with Crippen LogP contribution in [0.15, 0.2) is 30.3 Å². The summed E-state index contributed by atoms with van der Waals surface area (Å²) in [6.45, 7) is 7.83. The topological polar surface area (TPSA) is 69.6 Å². The second-order valence-electron chi connectivity index (χ2n) is 6.09. The van der Waals surface area contributed by atoms with E-state index in [9.17, 15) is 9.59 Å². The number of nitrogens with zero attached hydrogens (tertiary/aromatic N) is 1. The molecular weight excluding hydrogens is 268 g/mol. The van der Waals surface area contributed by atoms with E-state index >= 15 is 0 Å². The van der Waals surface area contributed by atoms with Gasteiger partial charge in [0.25, 0.3) is 0 Å². The zero-order valence-electron chi connectivity index (χ0n) is 13.1. The van der Waals surface area contributed by atoms with Crippen LogP contribution in [0.2, 0.25) is 0 Å². The molecule has 0 heterocycles. The molecule has 0 aliphatic carbocycles. The summed E-state index contributed by atoms with van der Waals surface area (Å²) in [6.07, 6.45) is -0.0119. The normalized spacial score (nSPS) is 12.6. The van der Waals surface area contributed by atoms with Crippen molar-refractivity contribution in [2.45, 2.75) is 45.7 Å². The van der Waals surface area contributed by atoms with Crippen LogP contribution in [0.5, 0.6) is 0 Å². The third-order valence-electron chi connectivity index (χ3n) is 3.00. The van der Waals surface area contributed by atoms with Gasteiger partial charge in [-0.1, -0.05) is 18.2 Å². The van der Waals surface area contributed by atoms with Crippen molar-refractivity contribution in [1.82, 2.24) is 5.32 Å². The summed E-state index contributed by atoms with van der Waals surface area (Å²) >= 11 is 0. The quantitative estimate of drug-likeness (QED) is 0.844. The third-order valence-corrected chi connectivity index (χ3v) is 3.00. The number of hydrogen-bond acceptors (Lipinski definition) is 3. The average molecular weight is 292 g/mol. The molecule has 1 amide bonds. The van der Waals surface area contributed by atoms with Crippen LogP contribution >= 0.6 is 0 Å². The van der Waals surface area contributed by atoms with Gasteiger partial charge < -0.3 is 15.3 Å². The summed E-state index contributed by atoms with van der Waals surface area (Å²) in [4.78, 5) is 25.0. The lowest BCUT2D eigenvalue weighted by atomic mass is 10.1. The number of hydrogen-bond donors (Lipinski definition) is 2. The molecule has 1 rings (SSSR count). The first-order chi connectivity index (χ1) is 9.70. The van der Waals surface area contributed by atoms with E-state index in [1.807, 2.05) is 56.0 Å². The van der Waals surface area contributed by atoms with Crippen molar-refractivity contribution in [2.75, 3.05) is 11.4 Å². The molecule has 0 saturated carbocycles. The molecule has 0 bridgehead atoms. The van der Waals surface area contributed by atoms with Crippen molar-refractivity contribution >= 4 is 17.6 Å². The Bertz CT molecular complexity index is 480. The Hall–Kier alpha value is -2.04. The first-order valence-electron chi connectivity index (χ1n) is 7.06. The molecule has 1 aromatic carbocycles. The number of carbonyl (C=O) groups excluding carboxylic acids is 1. The molecule has 2 N–H and O–H groups in total. The van der Waals surface area contributed by atoms with Crippen LogP contribution in [0.1, 0.15) is 34.1 Å². The van der Waals surface area contributed by atoms with Crippen molar-refractivity contribution in [3.05, 3.63) is 30.3 Å². The molecule has 0 aromatic heterocycles. The molecule has 116 valence electrons. The highest BCUT2D eigenvalue weighted by Crippen LogP contribution is 2.17. The SMILES string of the molecule is CC(C(=O)NC(C)(C)C)N(CCC(=O)O)c1ccccc1. The maximum atomic E-state index is 12.3. The second kappa shape index (κ2) is 7.11. The number of rotatable bonds is 6. The van der Waals surface area contributed by atoms with Gasteiger partial charge in [-0.3, -0.25) is 9.59 Å². The molecule has 0 saturated heterocycles. The molecule has 0 aliphatic rings. The lowest BCUT2D eigenvalue weighted by Crippen LogP contribution is -2.51. The monoisotopic (exact) mass is 292 g/mol. The maximum absolute atomic E-state index is 12.3. The van der Waals surface area contributed by atoms with Gasteiger partial charge in [0.2, 0.25) is 5.91 Å². The number of nitrogens with one attached hydrogen (secondary N) is 1. The number of benzene rings is 1. The smallest absolute Gasteiger partial charge is 0.305 e. The van der Waals surface area contributed by atoms with Crippen LogP contribution in [-0.4, -0.2) is 35.1 Å². The van der Waals surface area contributed by atoms with Crippen molar-refractivity contribution < 1.29 is 14.7 Å². The van der Waals surface area contributed by atoms with Gasteiger partial charge in [0.05, 0.1) is 6.42 Å². The van der Waals surface area contributed by atoms with Gasteiger partial charge in [-0.15, -0.1) is 0 Å². The molecule has 1 aromatic rings. The third kappa shape index (κ3) is 5.85. The number of anilines is 1. The Morgan fingerprint density at radius 2 is 1.81 bits per heavy atom. The molecule has 1 unspecified atom stereocenters. The molecule has 0 spiro atoms. The molecule has 5 heteroatoms. The van der Waals surface area contributed by atoms with E-state index in [2.05, 4.69) is 5.32 Å². The van der Waals surface area contributed by atoms with Gasteiger partial charge in [0.1, 0.15) is 6.04 Å². The van der Waals surface area contributed by atoms with Crippen molar-refractivity contribution in [2.24, 2.45) is 0 Å². The number of para-hydroxylation sites is 1. The summed E-state index contributed by atoms with van der Waals surface area (Å²) in [6, 6.07) is 8.95. The van der Waals surface area contributed by atoms with E-state index in [0.717, 1.165) is 5.69 Å². The minimum absolute atomic E-state index is 0.0119. The second-order valence-corrected chi connectivity index (χ2v) is 6.09. The highest BCUT2D eigenvalue weighted by molar-refractivity contribution is 5.85. The molecule has 1 atom stereocenters. The first-order valence-corrected chi connectivity index (χ1v) is 7.06. The number of carboxylic acid groups (broad SMARTS) is 1. The van der Waals surface area contributed by atoms with Crippen LogP contribution in [0, 0.1) is 0 Å². The van der Waals surface area contributed by atoms with E-state index in [1.54, 1.807) is 6.92 Å². The van der Waals surface area contributed by atoms with E-state index in [0.29, 0.717) is 0 Å². The predicted molar refractivity (Wildman–Crippen MR) is 83.4 cm³/mol. The zero-order chi connectivity index (χ0) is 16.0. The van der Waals surface area contributed by atoms with Crippen LogP contribution in [0.3, 0.4) is 0 Å². The Morgan fingerprint density at radius 1 is 1.24 bits per heavy atom. The summed E-state index contributed by atoms with van der Waals surface area (Å²) in [5.41, 5.74) is 0.524. The standard InChI is InChI=1S/C16H24N2O3/c1-12(15(21)17-16(2,3)4)18(11-10-14(19)20)13-8-6-5-7-9-13/h5-9,12H,10-11H2,1-4H3,(H,17,21)(H,19,20). The molecule has 21 heavy (non-hydrogen) atoms. The lowest BCUT2D eigenvalue weighted by molar-refractivity contribution is -0.137. The Kier molecular flexibility index (Phi) is 5.76. The molecule has 0 radical (unpaired) electrons. The van der Waals surface area contributed by atoms with Crippen molar-refractivity contribution in [3.8, 4) is 0 Å². The molecule has 5 nitrogen and oxygen atoms in total. The van der Waals surface area contributed by atoms with Crippen LogP contribution in [-0.2, 0) is 9.59 Å². The van der Waals surface area contributed by atoms with Gasteiger partial charge in [-0.2, -0.15) is 0 Å². The Balaban J connectivity index is 2.90. The first kappa shape index (κ1) is 17.0. The molecular formula is C16H24N2O3. The fourth-order valence-corrected chi connectivity index (χ4v) is 2.00. The highest BCUT2D eigenvalue weighted by Gasteiger charge is 2.25. The van der Waals surface area contributed by atoms with E-state index in [4.69, 9.17) is 5.11 Å². The number of aliphatic carboxylic acids is 1. The fourth-order valence-electron chi connectivity index (χ4n) is 2.00. The molecule has 0 aliphatic heterocycles. The summed E-state index contributed by atoms with van der Waals surface area (Å²) in [7, 11) is 0. The lowest BCUT2D eigenvalue weighted by Gasteiger charge is -2.32. The molecule has 0 fully saturated rings. The van der Waals surface area contributed by atoms with Crippen molar-refractivity contribution in [3.63, 3.8) is 0 Å². The van der Waals surface area contributed by atoms with Gasteiger partial charge in [-0.25, -0.2) is 0 Å². The summed E-state index contributed by atoms with van der Waals surface area (Å²) < 4.78 is 0. The van der Waals surface area contributed by atoms with E-state index < -0.39 is 12.0 Å². The van der Waals surface area contributed by atoms with Crippen LogP contribution in [0.25, 0.3) is 0 Å². The van der Waals surface area contributed by atoms with Gasteiger partial charge in [-0.05, 0) is 39.8 Å². The van der Waals surface area contributed by atoms with Crippen LogP contribution in [0.4, 0.5) is 5.69 Å².